The van der Waals surface area contributed by atoms with Crippen LogP contribution in [0.3, 0.4) is 0 Å². The molecular weight excluding hydrogens is 535 g/mol. The predicted octanol–water partition coefficient (Wildman–Crippen LogP) is 4.93. The number of rotatable bonds is 8. The Balaban J connectivity index is 1.33. The second kappa shape index (κ2) is 9.49. The summed E-state index contributed by atoms with van der Waals surface area (Å²) in [5.74, 6) is -2.83. The second-order valence-corrected chi connectivity index (χ2v) is 9.84. The number of alkyl halides is 3. The first-order chi connectivity index (χ1) is 18.0. The largest absolute Gasteiger partial charge is 0.497 e. The zero-order chi connectivity index (χ0) is 27.2. The molecule has 2 heterocycles. The van der Waals surface area contributed by atoms with Crippen molar-refractivity contribution < 1.29 is 41.0 Å². The minimum atomic E-state index is -4.74. The van der Waals surface area contributed by atoms with Crippen LogP contribution in [0.4, 0.5) is 26.7 Å². The van der Waals surface area contributed by atoms with Crippen LogP contribution < -0.4 is 9.47 Å². The molecule has 1 aliphatic heterocycles. The first kappa shape index (κ1) is 25.8. The second-order valence-electron chi connectivity index (χ2n) is 8.78. The van der Waals surface area contributed by atoms with E-state index < -0.39 is 47.6 Å². The Bertz CT molecular complexity index is 1390. The van der Waals surface area contributed by atoms with E-state index >= 15 is 4.39 Å². The maximum absolute atomic E-state index is 15.2. The number of urea groups is 1. The molecule has 200 valence electrons. The molecular formula is C24H19F5N4O4S. The number of carbonyl (C=O) groups excluding carboxylic acids is 2. The Morgan fingerprint density at radius 2 is 1.76 bits per heavy atom. The molecule has 0 atom stereocenters. The van der Waals surface area contributed by atoms with E-state index in [9.17, 15) is 27.2 Å². The standard InChI is InChI=1S/C24H19F5N4O4S/c1-36-14-4-2-13(3-5-14)11-37-19-16(25)7-6-15(18(19)26)20-31-30-17(38-20)10-33-22(35)32(12-24(27,28)29)21(34)23(33)8-9-23/h2-7H,8-12H2,1H3. The van der Waals surface area contributed by atoms with Gasteiger partial charge in [-0.25, -0.2) is 13.6 Å². The molecule has 3 aromatic rings. The fourth-order valence-corrected chi connectivity index (χ4v) is 5.04. The van der Waals surface area contributed by atoms with Gasteiger partial charge in [-0.15, -0.1) is 10.2 Å². The molecule has 1 aromatic heterocycles. The highest BCUT2D eigenvalue weighted by Gasteiger charge is 2.65. The van der Waals surface area contributed by atoms with Gasteiger partial charge in [-0.2, -0.15) is 13.2 Å². The van der Waals surface area contributed by atoms with E-state index in [1.807, 2.05) is 0 Å². The van der Waals surface area contributed by atoms with Crippen molar-refractivity contribution in [2.24, 2.45) is 0 Å². The quantitative estimate of drug-likeness (QED) is 0.290. The van der Waals surface area contributed by atoms with Gasteiger partial charge in [0.25, 0.3) is 5.91 Å². The Morgan fingerprint density at radius 3 is 2.39 bits per heavy atom. The molecule has 2 aliphatic rings. The number of hydrogen-bond acceptors (Lipinski definition) is 7. The Hall–Kier alpha value is -3.81. The fourth-order valence-electron chi connectivity index (χ4n) is 4.19. The number of benzene rings is 2. The summed E-state index contributed by atoms with van der Waals surface area (Å²) in [4.78, 5) is 26.4. The summed E-state index contributed by atoms with van der Waals surface area (Å²) in [7, 11) is 1.51. The van der Waals surface area contributed by atoms with Crippen LogP contribution in [0.25, 0.3) is 10.6 Å². The number of hydrogen-bond donors (Lipinski definition) is 0. The Kier molecular flexibility index (Phi) is 6.45. The van der Waals surface area contributed by atoms with Gasteiger partial charge in [-0.3, -0.25) is 9.69 Å². The van der Waals surface area contributed by atoms with Gasteiger partial charge in [0.05, 0.1) is 19.2 Å². The topological polar surface area (TPSA) is 84.9 Å². The van der Waals surface area contributed by atoms with Gasteiger partial charge in [-0.1, -0.05) is 23.5 Å². The van der Waals surface area contributed by atoms with Crippen molar-refractivity contribution in [2.75, 3.05) is 13.7 Å². The van der Waals surface area contributed by atoms with Crippen LogP contribution in [-0.2, 0) is 17.9 Å². The third-order valence-electron chi connectivity index (χ3n) is 6.26. The lowest BCUT2D eigenvalue weighted by Crippen LogP contribution is -2.39. The highest BCUT2D eigenvalue weighted by Crippen LogP contribution is 2.49. The number of aromatic nitrogens is 2. The third-order valence-corrected chi connectivity index (χ3v) is 7.21. The Morgan fingerprint density at radius 1 is 1.05 bits per heavy atom. The lowest BCUT2D eigenvalue weighted by atomic mass is 10.2. The molecule has 2 fully saturated rings. The minimum absolute atomic E-state index is 0.0433. The number of nitrogens with zero attached hydrogens (tertiary/aromatic N) is 4. The molecule has 3 amide bonds. The van der Waals surface area contributed by atoms with Crippen LogP contribution in [0.5, 0.6) is 11.5 Å². The van der Waals surface area contributed by atoms with Crippen LogP contribution in [0.15, 0.2) is 36.4 Å². The van der Waals surface area contributed by atoms with Crippen molar-refractivity contribution in [3.63, 3.8) is 0 Å². The van der Waals surface area contributed by atoms with Gasteiger partial charge in [0.15, 0.2) is 22.4 Å². The van der Waals surface area contributed by atoms with Crippen molar-refractivity contribution in [1.82, 2.24) is 20.0 Å². The summed E-state index contributed by atoms with van der Waals surface area (Å²) >= 11 is 0.866. The molecule has 1 saturated carbocycles. The van der Waals surface area contributed by atoms with Crippen molar-refractivity contribution >= 4 is 23.3 Å². The van der Waals surface area contributed by atoms with Crippen LogP contribution in [-0.4, -0.2) is 57.3 Å². The number of amides is 3. The van der Waals surface area contributed by atoms with Gasteiger partial charge in [0.1, 0.15) is 29.4 Å². The molecule has 1 spiro atoms. The molecule has 1 aliphatic carbocycles. The van der Waals surface area contributed by atoms with Crippen LogP contribution in [0.2, 0.25) is 0 Å². The van der Waals surface area contributed by atoms with Crippen molar-refractivity contribution in [1.29, 1.82) is 0 Å². The van der Waals surface area contributed by atoms with Gasteiger partial charge in [0.2, 0.25) is 0 Å². The normalized spacial score (nSPS) is 16.5. The number of ether oxygens (including phenoxy) is 2. The highest BCUT2D eigenvalue weighted by atomic mass is 32.1. The lowest BCUT2D eigenvalue weighted by Gasteiger charge is -2.19. The first-order valence-electron chi connectivity index (χ1n) is 11.3. The van der Waals surface area contributed by atoms with Crippen LogP contribution in [0, 0.1) is 11.6 Å². The van der Waals surface area contributed by atoms with Crippen molar-refractivity contribution in [3.8, 4) is 22.1 Å². The average molecular weight is 554 g/mol. The molecule has 1 saturated heterocycles. The molecule has 5 rings (SSSR count). The molecule has 38 heavy (non-hydrogen) atoms. The number of imide groups is 1. The van der Waals surface area contributed by atoms with E-state index in [4.69, 9.17) is 9.47 Å². The molecule has 0 bridgehead atoms. The third kappa shape index (κ3) is 4.75. The Labute approximate surface area is 216 Å². The number of carbonyl (C=O) groups is 2. The number of halogens is 5. The molecule has 0 radical (unpaired) electrons. The van der Waals surface area contributed by atoms with Crippen molar-refractivity contribution in [3.05, 3.63) is 58.6 Å². The van der Waals surface area contributed by atoms with E-state index in [-0.39, 0.29) is 46.5 Å². The summed E-state index contributed by atoms with van der Waals surface area (Å²) in [5, 5.41) is 8.04. The van der Waals surface area contributed by atoms with Gasteiger partial charge >= 0.3 is 12.2 Å². The van der Waals surface area contributed by atoms with E-state index in [0.29, 0.717) is 11.3 Å². The summed E-state index contributed by atoms with van der Waals surface area (Å²) < 4.78 is 78.8. The van der Waals surface area contributed by atoms with E-state index in [1.54, 1.807) is 24.3 Å². The monoisotopic (exact) mass is 554 g/mol. The van der Waals surface area contributed by atoms with E-state index in [2.05, 4.69) is 10.2 Å². The smallest absolute Gasteiger partial charge is 0.406 e. The average Bonchev–Trinajstić information content (AvgIpc) is 3.51. The molecule has 0 unspecified atom stereocenters. The summed E-state index contributed by atoms with van der Waals surface area (Å²) in [6.07, 6.45) is -4.27. The van der Waals surface area contributed by atoms with Crippen molar-refractivity contribution in [2.45, 2.75) is 37.7 Å². The van der Waals surface area contributed by atoms with Crippen LogP contribution >= 0.6 is 11.3 Å². The summed E-state index contributed by atoms with van der Waals surface area (Å²) in [5.41, 5.74) is -0.784. The molecule has 0 N–H and O–H groups in total. The van der Waals surface area contributed by atoms with Gasteiger partial charge < -0.3 is 14.4 Å². The predicted molar refractivity (Wildman–Crippen MR) is 123 cm³/mol. The summed E-state index contributed by atoms with van der Waals surface area (Å²) in [6.45, 7) is -2.07. The summed E-state index contributed by atoms with van der Waals surface area (Å²) in [6, 6.07) is 7.83. The highest BCUT2D eigenvalue weighted by molar-refractivity contribution is 7.14. The maximum Gasteiger partial charge on any atom is 0.406 e. The van der Waals surface area contributed by atoms with Gasteiger partial charge in [0, 0.05) is 0 Å². The molecule has 8 nitrogen and oxygen atoms in total. The lowest BCUT2D eigenvalue weighted by molar-refractivity contribution is -0.153. The van der Waals surface area contributed by atoms with Crippen LogP contribution in [0.1, 0.15) is 23.4 Å². The van der Waals surface area contributed by atoms with Gasteiger partial charge in [-0.05, 0) is 42.7 Å². The zero-order valence-corrected chi connectivity index (χ0v) is 20.5. The van der Waals surface area contributed by atoms with E-state index in [0.717, 1.165) is 28.4 Å². The maximum atomic E-state index is 15.2. The van der Waals surface area contributed by atoms with E-state index in [1.165, 1.54) is 7.11 Å². The molecule has 14 heteroatoms. The zero-order valence-electron chi connectivity index (χ0n) is 19.7. The fraction of sp³-hybridized carbons (Fsp3) is 0.333. The SMILES string of the molecule is COc1ccc(COc2c(F)ccc(-c3nnc(CN4C(=O)N(CC(F)(F)F)C(=O)C45CC5)s3)c2F)cc1. The number of methoxy groups -OCH3 is 1. The molecule has 2 aromatic carbocycles. The first-order valence-corrected chi connectivity index (χ1v) is 12.1. The minimum Gasteiger partial charge on any atom is -0.497 e.